The van der Waals surface area contributed by atoms with Gasteiger partial charge in [-0.2, -0.15) is 0 Å². The molecule has 2 saturated heterocycles. The van der Waals surface area contributed by atoms with Crippen molar-refractivity contribution in [3.63, 3.8) is 0 Å². The molecule has 4 fully saturated rings. The van der Waals surface area contributed by atoms with Crippen LogP contribution in [0.4, 0.5) is 0 Å². The molecule has 0 radical (unpaired) electrons. The first-order chi connectivity index (χ1) is 7.18. The fraction of sp³-hybridized carbons (Fsp3) is 0.727. The van der Waals surface area contributed by atoms with Crippen LogP contribution in [0.15, 0.2) is 11.1 Å². The van der Waals surface area contributed by atoms with E-state index in [-0.39, 0.29) is 41.3 Å². The largest absolute Gasteiger partial charge is 0.373 e. The summed E-state index contributed by atoms with van der Waals surface area (Å²) in [5, 5.41) is 0.499. The second-order valence-corrected chi connectivity index (χ2v) is 5.92. The molecule has 15 heavy (non-hydrogen) atoms. The molecule has 7 atom stereocenters. The minimum atomic E-state index is -0.220. The van der Waals surface area contributed by atoms with Crippen LogP contribution in [0.2, 0.25) is 0 Å². The number of ketones is 1. The number of Topliss-reactive ketones (excluding diaryl/α,β-unsaturated/α-hetero) is 1. The highest BCUT2D eigenvalue weighted by molar-refractivity contribution is 6.37. The SMILES string of the molecule is O=C1C2CC3OC4C(C=C(Cl)C(Cl)C24)C13. The maximum atomic E-state index is 12.1. The van der Waals surface area contributed by atoms with Crippen LogP contribution in [0.5, 0.6) is 0 Å². The van der Waals surface area contributed by atoms with Gasteiger partial charge in [0.25, 0.3) is 0 Å². The van der Waals surface area contributed by atoms with Gasteiger partial charge in [-0.15, -0.1) is 11.6 Å². The van der Waals surface area contributed by atoms with Crippen LogP contribution in [0.25, 0.3) is 0 Å². The maximum Gasteiger partial charge on any atom is 0.142 e. The molecular formula is C11H10Cl2O2. The molecule has 0 N–H and O–H groups in total. The van der Waals surface area contributed by atoms with E-state index in [4.69, 9.17) is 27.9 Å². The molecule has 6 bridgehead atoms. The molecule has 2 aliphatic heterocycles. The third kappa shape index (κ3) is 0.866. The zero-order chi connectivity index (χ0) is 10.3. The first kappa shape index (κ1) is 9.03. The summed E-state index contributed by atoms with van der Waals surface area (Å²) in [6, 6.07) is 0. The smallest absolute Gasteiger partial charge is 0.142 e. The number of allylic oxidation sites excluding steroid dienone is 1. The van der Waals surface area contributed by atoms with E-state index in [1.54, 1.807) is 0 Å². The molecule has 5 aliphatic rings. The Labute approximate surface area is 97.6 Å². The molecule has 80 valence electrons. The Kier molecular flexibility index (Phi) is 1.57. The molecule has 4 heteroatoms. The fourth-order valence-corrected chi connectivity index (χ4v) is 4.65. The summed E-state index contributed by atoms with van der Waals surface area (Å²) in [4.78, 5) is 12.1. The molecule has 0 aromatic heterocycles. The number of ether oxygens (including phenoxy) is 1. The Morgan fingerprint density at radius 3 is 3.07 bits per heavy atom. The average Bonchev–Trinajstić information content (AvgIpc) is 2.63. The summed E-state index contributed by atoms with van der Waals surface area (Å²) in [6.07, 6.45) is 3.13. The van der Waals surface area contributed by atoms with E-state index in [0.717, 1.165) is 11.5 Å². The predicted molar refractivity (Wildman–Crippen MR) is 55.8 cm³/mol. The molecule has 0 spiro atoms. The number of alkyl halides is 1. The topological polar surface area (TPSA) is 26.3 Å². The molecule has 7 unspecified atom stereocenters. The highest BCUT2D eigenvalue weighted by Crippen LogP contribution is 2.60. The molecule has 0 amide bonds. The number of hydrogen-bond acceptors (Lipinski definition) is 2. The molecule has 2 heterocycles. The van der Waals surface area contributed by atoms with E-state index < -0.39 is 0 Å². The van der Waals surface area contributed by atoms with Crippen molar-refractivity contribution >= 4 is 29.0 Å². The minimum Gasteiger partial charge on any atom is -0.373 e. The third-order valence-corrected chi connectivity index (χ3v) is 5.50. The van der Waals surface area contributed by atoms with Crippen molar-refractivity contribution in [3.05, 3.63) is 11.1 Å². The molecule has 3 aliphatic carbocycles. The van der Waals surface area contributed by atoms with Crippen molar-refractivity contribution in [1.82, 2.24) is 0 Å². The van der Waals surface area contributed by atoms with Crippen LogP contribution >= 0.6 is 23.2 Å². The van der Waals surface area contributed by atoms with Gasteiger partial charge in [0.2, 0.25) is 0 Å². The van der Waals surface area contributed by atoms with E-state index in [1.807, 2.05) is 6.08 Å². The maximum absolute atomic E-state index is 12.1. The zero-order valence-electron chi connectivity index (χ0n) is 7.90. The average molecular weight is 245 g/mol. The minimum absolute atomic E-state index is 0.0779. The lowest BCUT2D eigenvalue weighted by atomic mass is 9.67. The van der Waals surface area contributed by atoms with Crippen molar-refractivity contribution in [3.8, 4) is 0 Å². The first-order valence-electron chi connectivity index (χ1n) is 5.39. The van der Waals surface area contributed by atoms with Gasteiger partial charge in [0, 0.05) is 22.8 Å². The lowest BCUT2D eigenvalue weighted by molar-refractivity contribution is -0.132. The predicted octanol–water partition coefficient (Wildman–Crippen LogP) is 1.95. The monoisotopic (exact) mass is 244 g/mol. The Morgan fingerprint density at radius 2 is 2.27 bits per heavy atom. The molecule has 0 aromatic carbocycles. The van der Waals surface area contributed by atoms with Gasteiger partial charge in [-0.1, -0.05) is 17.7 Å². The van der Waals surface area contributed by atoms with Crippen LogP contribution in [-0.4, -0.2) is 23.4 Å². The van der Waals surface area contributed by atoms with Gasteiger partial charge in [0.1, 0.15) is 5.78 Å². The first-order valence-corrected chi connectivity index (χ1v) is 6.20. The lowest BCUT2D eigenvalue weighted by Gasteiger charge is -2.43. The number of carbonyl (C=O) groups excluding carboxylic acids is 1. The summed E-state index contributed by atoms with van der Waals surface area (Å²) in [5.74, 6) is 0.884. The highest BCUT2D eigenvalue weighted by Gasteiger charge is 2.67. The summed E-state index contributed by atoms with van der Waals surface area (Å²) in [6.45, 7) is 0. The molecule has 2 nitrogen and oxygen atoms in total. The molecule has 0 aromatic rings. The van der Waals surface area contributed by atoms with Crippen molar-refractivity contribution in [2.75, 3.05) is 0 Å². The van der Waals surface area contributed by atoms with Gasteiger partial charge in [0.05, 0.1) is 23.5 Å². The summed E-state index contributed by atoms with van der Waals surface area (Å²) >= 11 is 12.4. The van der Waals surface area contributed by atoms with Crippen LogP contribution in [0.1, 0.15) is 6.42 Å². The number of hydrogen-bond donors (Lipinski definition) is 0. The second kappa shape index (κ2) is 2.61. The Bertz CT molecular complexity index is 392. The third-order valence-electron chi connectivity index (χ3n) is 4.50. The number of halogens is 2. The van der Waals surface area contributed by atoms with Gasteiger partial charge < -0.3 is 4.74 Å². The van der Waals surface area contributed by atoms with Gasteiger partial charge in [-0.3, -0.25) is 4.79 Å². The Balaban J connectivity index is 1.92. The zero-order valence-corrected chi connectivity index (χ0v) is 9.41. The number of rotatable bonds is 0. The molecule has 5 rings (SSSR count). The second-order valence-electron chi connectivity index (χ2n) is 5.02. The van der Waals surface area contributed by atoms with Crippen LogP contribution in [0.3, 0.4) is 0 Å². The van der Waals surface area contributed by atoms with Gasteiger partial charge in [-0.25, -0.2) is 0 Å². The summed E-state index contributed by atoms with van der Waals surface area (Å²) in [7, 11) is 0. The van der Waals surface area contributed by atoms with Crippen molar-refractivity contribution in [2.24, 2.45) is 23.7 Å². The lowest BCUT2D eigenvalue weighted by Crippen LogP contribution is -2.49. The van der Waals surface area contributed by atoms with Crippen LogP contribution in [0, 0.1) is 23.7 Å². The molecule has 2 saturated carbocycles. The Hall–Kier alpha value is -0.0500. The van der Waals surface area contributed by atoms with Crippen LogP contribution in [-0.2, 0) is 9.53 Å². The van der Waals surface area contributed by atoms with E-state index in [0.29, 0.717) is 5.78 Å². The summed E-state index contributed by atoms with van der Waals surface area (Å²) < 4.78 is 5.90. The van der Waals surface area contributed by atoms with Gasteiger partial charge >= 0.3 is 0 Å². The normalized spacial score (nSPS) is 60.0. The van der Waals surface area contributed by atoms with Crippen molar-refractivity contribution < 1.29 is 9.53 Å². The van der Waals surface area contributed by atoms with Gasteiger partial charge in [0.15, 0.2) is 0 Å². The van der Waals surface area contributed by atoms with Crippen LogP contribution < -0.4 is 0 Å². The van der Waals surface area contributed by atoms with E-state index in [2.05, 4.69) is 0 Å². The van der Waals surface area contributed by atoms with E-state index in [9.17, 15) is 4.79 Å². The van der Waals surface area contributed by atoms with Gasteiger partial charge in [-0.05, 0) is 6.42 Å². The standard InChI is InChI=1S/C11H10Cl2O2/c12-5-1-4-7-6-2-3(10(7)14)8(9(5)13)11(4)15-6/h1,3-4,6-9,11H,2H2. The van der Waals surface area contributed by atoms with Crippen molar-refractivity contribution in [2.45, 2.75) is 24.0 Å². The van der Waals surface area contributed by atoms with E-state index in [1.165, 1.54) is 0 Å². The van der Waals surface area contributed by atoms with E-state index >= 15 is 0 Å². The summed E-state index contributed by atoms with van der Waals surface area (Å²) in [5.41, 5.74) is 0. The number of carbonyl (C=O) groups is 1. The van der Waals surface area contributed by atoms with Crippen molar-refractivity contribution in [1.29, 1.82) is 0 Å². The fourth-order valence-electron chi connectivity index (χ4n) is 3.97. The highest BCUT2D eigenvalue weighted by atomic mass is 35.5. The molecular weight excluding hydrogens is 235 g/mol. The Morgan fingerprint density at radius 1 is 1.47 bits per heavy atom. The quantitative estimate of drug-likeness (QED) is 0.610.